The van der Waals surface area contributed by atoms with E-state index in [-0.39, 0.29) is 0 Å². The molecule has 0 radical (unpaired) electrons. The van der Waals surface area contributed by atoms with E-state index in [2.05, 4.69) is 46.5 Å². The first-order chi connectivity index (χ1) is 12.2. The lowest BCUT2D eigenvalue weighted by atomic mass is 10.1. The van der Waals surface area contributed by atoms with Crippen LogP contribution in [-0.4, -0.2) is 26.0 Å². The van der Waals surface area contributed by atoms with Gasteiger partial charge < -0.3 is 4.42 Å². The molecule has 1 unspecified atom stereocenters. The summed E-state index contributed by atoms with van der Waals surface area (Å²) >= 11 is 0. The van der Waals surface area contributed by atoms with Gasteiger partial charge in [0, 0.05) is 18.3 Å². The molecule has 0 bridgehead atoms. The molecule has 0 amide bonds. The van der Waals surface area contributed by atoms with E-state index >= 15 is 0 Å². The van der Waals surface area contributed by atoms with E-state index < -0.39 is 0 Å². The third kappa shape index (κ3) is 3.24. The summed E-state index contributed by atoms with van der Waals surface area (Å²) in [5.41, 5.74) is 1.13. The molecule has 4 rings (SSSR count). The van der Waals surface area contributed by atoms with E-state index in [1.165, 1.54) is 6.42 Å². The fourth-order valence-corrected chi connectivity index (χ4v) is 3.65. The number of likely N-dealkylation sites (tertiary alicyclic amines) is 1. The molecule has 25 heavy (non-hydrogen) atoms. The van der Waals surface area contributed by atoms with Gasteiger partial charge in [0.1, 0.15) is 17.4 Å². The summed E-state index contributed by atoms with van der Waals surface area (Å²) in [7, 11) is 0. The number of nitrogens with zero attached hydrogens (tertiary/aromatic N) is 4. The van der Waals surface area contributed by atoms with Crippen LogP contribution >= 0.6 is 0 Å². The Morgan fingerprint density at radius 1 is 1.24 bits per heavy atom. The molecule has 0 N–H and O–H groups in total. The zero-order valence-electron chi connectivity index (χ0n) is 14.8. The summed E-state index contributed by atoms with van der Waals surface area (Å²) in [5, 5.41) is 0. The Morgan fingerprint density at radius 2 is 2.16 bits per heavy atom. The van der Waals surface area contributed by atoms with Gasteiger partial charge in [-0.2, -0.15) is 0 Å². The highest BCUT2D eigenvalue weighted by Gasteiger charge is 2.28. The summed E-state index contributed by atoms with van der Waals surface area (Å²) in [6.07, 6.45) is 7.92. The number of hydrogen-bond acceptors (Lipinski definition) is 4. The minimum Gasteiger partial charge on any atom is -0.468 e. The van der Waals surface area contributed by atoms with E-state index in [0.29, 0.717) is 12.0 Å². The molecule has 1 fully saturated rings. The van der Waals surface area contributed by atoms with Crippen LogP contribution in [0.1, 0.15) is 55.9 Å². The van der Waals surface area contributed by atoms with Gasteiger partial charge >= 0.3 is 0 Å². The van der Waals surface area contributed by atoms with Gasteiger partial charge in [0.2, 0.25) is 0 Å². The molecular weight excluding hydrogens is 312 g/mol. The quantitative estimate of drug-likeness (QED) is 0.696. The van der Waals surface area contributed by atoms with E-state index in [1.807, 2.05) is 24.5 Å². The highest BCUT2D eigenvalue weighted by molar-refractivity contribution is 5.29. The number of rotatable bonds is 5. The molecule has 4 heterocycles. The third-order valence-corrected chi connectivity index (χ3v) is 4.83. The van der Waals surface area contributed by atoms with E-state index in [0.717, 1.165) is 42.6 Å². The Balaban J connectivity index is 1.61. The normalized spacial score (nSPS) is 18.3. The predicted molar refractivity (Wildman–Crippen MR) is 96.5 cm³/mol. The second-order valence-electron chi connectivity index (χ2n) is 6.94. The van der Waals surface area contributed by atoms with Gasteiger partial charge in [0.05, 0.1) is 24.5 Å². The van der Waals surface area contributed by atoms with Crippen molar-refractivity contribution in [2.75, 3.05) is 6.54 Å². The van der Waals surface area contributed by atoms with Crippen molar-refractivity contribution in [3.05, 3.63) is 66.3 Å². The lowest BCUT2D eigenvalue weighted by molar-refractivity contribution is 0.224. The summed E-state index contributed by atoms with van der Waals surface area (Å²) in [5.74, 6) is 3.37. The maximum atomic E-state index is 5.53. The molecule has 3 aromatic rings. The summed E-state index contributed by atoms with van der Waals surface area (Å²) in [6, 6.07) is 10.6. The number of imidazole rings is 1. The number of pyridine rings is 1. The fraction of sp³-hybridized carbons (Fsp3) is 0.400. The van der Waals surface area contributed by atoms with Crippen LogP contribution in [0.4, 0.5) is 0 Å². The Labute approximate surface area is 148 Å². The van der Waals surface area contributed by atoms with Gasteiger partial charge in [-0.05, 0) is 43.7 Å². The topological polar surface area (TPSA) is 47.1 Å². The fourth-order valence-electron chi connectivity index (χ4n) is 3.65. The molecule has 3 aromatic heterocycles. The molecule has 1 aliphatic heterocycles. The number of furan rings is 1. The van der Waals surface area contributed by atoms with Crippen LogP contribution < -0.4 is 0 Å². The third-order valence-electron chi connectivity index (χ3n) is 4.83. The van der Waals surface area contributed by atoms with Gasteiger partial charge in [0.25, 0.3) is 0 Å². The van der Waals surface area contributed by atoms with Crippen molar-refractivity contribution >= 4 is 0 Å². The van der Waals surface area contributed by atoms with Crippen LogP contribution in [0.5, 0.6) is 0 Å². The average Bonchev–Trinajstić information content (AvgIpc) is 3.37. The van der Waals surface area contributed by atoms with Crippen LogP contribution in [-0.2, 0) is 6.54 Å². The zero-order valence-corrected chi connectivity index (χ0v) is 14.8. The average molecular weight is 336 g/mol. The first-order valence-electron chi connectivity index (χ1n) is 8.99. The van der Waals surface area contributed by atoms with Crippen molar-refractivity contribution in [3.8, 4) is 5.82 Å². The van der Waals surface area contributed by atoms with E-state index in [9.17, 15) is 0 Å². The highest BCUT2D eigenvalue weighted by atomic mass is 16.3. The molecule has 0 saturated carbocycles. The maximum absolute atomic E-state index is 5.53. The maximum Gasteiger partial charge on any atom is 0.138 e. The SMILES string of the molecule is CC(C)c1nccn1-c1cccc(C2CCCN2Cc2ccco2)n1. The Hall–Kier alpha value is -2.40. The molecule has 1 atom stereocenters. The number of aromatic nitrogens is 3. The molecule has 5 nitrogen and oxygen atoms in total. The largest absolute Gasteiger partial charge is 0.468 e. The van der Waals surface area contributed by atoms with Gasteiger partial charge in [-0.3, -0.25) is 9.47 Å². The minimum atomic E-state index is 0.344. The molecular formula is C20H24N4O. The van der Waals surface area contributed by atoms with Gasteiger partial charge in [0.15, 0.2) is 0 Å². The van der Waals surface area contributed by atoms with Gasteiger partial charge in [-0.1, -0.05) is 19.9 Å². The Kier molecular flexibility index (Phi) is 4.40. The molecule has 0 spiro atoms. The van der Waals surface area contributed by atoms with Gasteiger partial charge in [-0.25, -0.2) is 9.97 Å². The van der Waals surface area contributed by atoms with Crippen molar-refractivity contribution < 1.29 is 4.42 Å². The van der Waals surface area contributed by atoms with Crippen molar-refractivity contribution in [2.24, 2.45) is 0 Å². The van der Waals surface area contributed by atoms with Crippen LogP contribution in [0, 0.1) is 0 Å². The summed E-state index contributed by atoms with van der Waals surface area (Å²) < 4.78 is 7.63. The first kappa shape index (κ1) is 16.1. The van der Waals surface area contributed by atoms with Crippen LogP contribution in [0.25, 0.3) is 5.82 Å². The second kappa shape index (κ2) is 6.84. The predicted octanol–water partition coefficient (Wildman–Crippen LogP) is 4.32. The Morgan fingerprint density at radius 3 is 2.96 bits per heavy atom. The minimum absolute atomic E-state index is 0.344. The Bertz CT molecular complexity index is 822. The first-order valence-corrected chi connectivity index (χ1v) is 8.99. The number of hydrogen-bond donors (Lipinski definition) is 0. The van der Waals surface area contributed by atoms with Crippen LogP contribution in [0.2, 0.25) is 0 Å². The lowest BCUT2D eigenvalue weighted by Crippen LogP contribution is -2.23. The molecule has 130 valence electrons. The van der Waals surface area contributed by atoms with Crippen molar-refractivity contribution in [1.29, 1.82) is 0 Å². The van der Waals surface area contributed by atoms with E-state index in [4.69, 9.17) is 9.40 Å². The smallest absolute Gasteiger partial charge is 0.138 e. The zero-order chi connectivity index (χ0) is 17.2. The molecule has 5 heteroatoms. The summed E-state index contributed by atoms with van der Waals surface area (Å²) in [6.45, 7) is 6.24. The second-order valence-corrected chi connectivity index (χ2v) is 6.94. The van der Waals surface area contributed by atoms with Crippen molar-refractivity contribution in [2.45, 2.75) is 45.2 Å². The molecule has 0 aliphatic carbocycles. The van der Waals surface area contributed by atoms with Crippen molar-refractivity contribution in [1.82, 2.24) is 19.4 Å². The van der Waals surface area contributed by atoms with Gasteiger partial charge in [-0.15, -0.1) is 0 Å². The van der Waals surface area contributed by atoms with E-state index in [1.54, 1.807) is 6.26 Å². The lowest BCUT2D eigenvalue weighted by Gasteiger charge is -2.23. The summed E-state index contributed by atoms with van der Waals surface area (Å²) in [4.78, 5) is 11.9. The molecule has 1 aliphatic rings. The molecule has 1 saturated heterocycles. The van der Waals surface area contributed by atoms with Crippen LogP contribution in [0.3, 0.4) is 0 Å². The standard InChI is InChI=1S/C20H24N4O/c1-15(2)20-21-10-12-24(20)19-9-3-7-17(22-19)18-8-4-11-23(18)14-16-6-5-13-25-16/h3,5-7,9-10,12-13,15,18H,4,8,11,14H2,1-2H3. The highest BCUT2D eigenvalue weighted by Crippen LogP contribution is 2.32. The monoisotopic (exact) mass is 336 g/mol. The van der Waals surface area contributed by atoms with Crippen molar-refractivity contribution in [3.63, 3.8) is 0 Å². The van der Waals surface area contributed by atoms with Crippen LogP contribution in [0.15, 0.2) is 53.4 Å². The molecule has 0 aromatic carbocycles.